The molecule has 3 rings (SSSR count). The molecule has 1 heterocycles. The number of hydrogen-bond donors (Lipinski definition) is 0. The fraction of sp³-hybridized carbons (Fsp3) is 0. The molecule has 2 aromatic carbocycles. The van der Waals surface area contributed by atoms with Crippen LogP contribution >= 0.6 is 23.2 Å². The quantitative estimate of drug-likeness (QED) is 0.675. The van der Waals surface area contributed by atoms with Crippen molar-refractivity contribution in [3.63, 3.8) is 0 Å². The molecule has 0 radical (unpaired) electrons. The van der Waals surface area contributed by atoms with E-state index < -0.39 is 0 Å². The molecule has 0 unspecified atom stereocenters. The van der Waals surface area contributed by atoms with Crippen molar-refractivity contribution in [2.24, 2.45) is 0 Å². The lowest BCUT2D eigenvalue weighted by Crippen LogP contribution is -1.77. The molecule has 0 aliphatic rings. The van der Waals surface area contributed by atoms with Crippen LogP contribution in [0.1, 0.15) is 0 Å². The highest BCUT2D eigenvalue weighted by atomic mass is 35.5. The number of halogens is 2. The molecule has 0 aliphatic carbocycles. The highest BCUT2D eigenvalue weighted by Crippen LogP contribution is 2.28. The van der Waals surface area contributed by atoms with E-state index >= 15 is 0 Å². The number of benzene rings is 2. The minimum Gasteiger partial charge on any atom is -0.436 e. The van der Waals surface area contributed by atoms with Crippen molar-refractivity contribution >= 4 is 40.5 Å². The van der Waals surface area contributed by atoms with Gasteiger partial charge in [0.15, 0.2) is 5.58 Å². The van der Waals surface area contributed by atoms with Crippen LogP contribution in [0.3, 0.4) is 0 Å². The number of hydrogen-bond acceptors (Lipinski definition) is 4. The summed E-state index contributed by atoms with van der Waals surface area (Å²) in [5.74, 6) is 0.524. The van der Waals surface area contributed by atoms with Gasteiger partial charge in [0.1, 0.15) is 5.52 Å². The van der Waals surface area contributed by atoms with E-state index in [2.05, 4.69) is 4.98 Å². The van der Waals surface area contributed by atoms with Gasteiger partial charge in [-0.3, -0.25) is 0 Å². The Hall–Kier alpha value is -2.13. The monoisotopic (exact) mass is 307 g/mol. The highest BCUT2D eigenvalue weighted by molar-refractivity contribution is 6.35. The number of para-hydroxylation sites is 2. The molecule has 6 heteroatoms. The van der Waals surface area contributed by atoms with E-state index in [1.807, 2.05) is 24.3 Å². The molecule has 0 saturated heterocycles. The standard InChI is InChI=1S/C13H7Cl2NO.CO2/c14-9-5-8(6-10(15)7-9)13-16-11-3-1-2-4-12(11)17-13;2-1-3/h1-7H;. The predicted octanol–water partition coefficient (Wildman–Crippen LogP) is 4.22. The maximum Gasteiger partial charge on any atom is 0.373 e. The fourth-order valence-corrected chi connectivity index (χ4v) is 2.20. The van der Waals surface area contributed by atoms with Crippen molar-refractivity contribution in [1.82, 2.24) is 4.98 Å². The maximum absolute atomic E-state index is 8.12. The lowest BCUT2D eigenvalue weighted by Gasteiger charge is -1.97. The predicted molar refractivity (Wildman–Crippen MR) is 74.5 cm³/mol. The van der Waals surface area contributed by atoms with Gasteiger partial charge in [-0.2, -0.15) is 9.59 Å². The van der Waals surface area contributed by atoms with Gasteiger partial charge < -0.3 is 4.42 Å². The normalized spacial score (nSPS) is 9.70. The zero-order valence-electron chi connectivity index (χ0n) is 9.97. The Morgan fingerprint density at radius 1 is 1.00 bits per heavy atom. The largest absolute Gasteiger partial charge is 0.436 e. The van der Waals surface area contributed by atoms with Gasteiger partial charge in [-0.15, -0.1) is 0 Å². The van der Waals surface area contributed by atoms with E-state index in [-0.39, 0.29) is 6.15 Å². The molecule has 4 nitrogen and oxygen atoms in total. The van der Waals surface area contributed by atoms with Crippen LogP contribution in [-0.2, 0) is 9.59 Å². The average Bonchev–Trinajstić information content (AvgIpc) is 2.82. The molecule has 3 aromatic rings. The lowest BCUT2D eigenvalue weighted by molar-refractivity contribution is -0.191. The highest BCUT2D eigenvalue weighted by Gasteiger charge is 2.09. The Kier molecular flexibility index (Phi) is 4.53. The van der Waals surface area contributed by atoms with Gasteiger partial charge in [0.05, 0.1) is 0 Å². The van der Waals surface area contributed by atoms with E-state index in [9.17, 15) is 0 Å². The van der Waals surface area contributed by atoms with Crippen LogP contribution < -0.4 is 0 Å². The summed E-state index contributed by atoms with van der Waals surface area (Å²) in [5, 5.41) is 1.13. The molecule has 0 aliphatic heterocycles. The molecule has 1 aromatic heterocycles. The van der Waals surface area contributed by atoms with Crippen molar-refractivity contribution in [3.8, 4) is 11.5 Å². The van der Waals surface area contributed by atoms with Crippen LogP contribution in [0.5, 0.6) is 0 Å². The number of rotatable bonds is 1. The van der Waals surface area contributed by atoms with Gasteiger partial charge in [0.25, 0.3) is 0 Å². The van der Waals surface area contributed by atoms with Crippen LogP contribution in [0, 0.1) is 0 Å². The first-order valence-electron chi connectivity index (χ1n) is 5.45. The zero-order valence-corrected chi connectivity index (χ0v) is 11.5. The average molecular weight is 308 g/mol. The molecule has 0 bridgehead atoms. The Balaban J connectivity index is 0.000000452. The molecule has 0 spiro atoms. The Labute approximate surface area is 123 Å². The van der Waals surface area contributed by atoms with Crippen molar-refractivity contribution in [2.75, 3.05) is 0 Å². The van der Waals surface area contributed by atoms with Crippen molar-refractivity contribution < 1.29 is 14.0 Å². The second-order valence-corrected chi connectivity index (χ2v) is 4.60. The van der Waals surface area contributed by atoms with Crippen molar-refractivity contribution in [3.05, 3.63) is 52.5 Å². The molecular formula is C14H7Cl2NO3. The van der Waals surface area contributed by atoms with Crippen molar-refractivity contribution in [2.45, 2.75) is 0 Å². The van der Waals surface area contributed by atoms with Crippen LogP contribution in [0.15, 0.2) is 46.9 Å². The molecular weight excluding hydrogens is 301 g/mol. The molecule has 100 valence electrons. The first kappa shape index (κ1) is 14.3. The van der Waals surface area contributed by atoms with Gasteiger partial charge in [0, 0.05) is 15.6 Å². The van der Waals surface area contributed by atoms with Gasteiger partial charge in [-0.25, -0.2) is 4.98 Å². The van der Waals surface area contributed by atoms with E-state index in [1.165, 1.54) is 0 Å². The second kappa shape index (κ2) is 6.35. The summed E-state index contributed by atoms with van der Waals surface area (Å²) in [6, 6.07) is 12.8. The first-order valence-corrected chi connectivity index (χ1v) is 6.21. The number of fused-ring (bicyclic) bond motifs is 1. The minimum absolute atomic E-state index is 0.250. The Morgan fingerprint density at radius 3 is 2.20 bits per heavy atom. The molecule has 0 saturated carbocycles. The summed E-state index contributed by atoms with van der Waals surface area (Å²) in [6.07, 6.45) is 0.250. The van der Waals surface area contributed by atoms with E-state index in [0.717, 1.165) is 16.7 Å². The SMILES string of the molecule is Clc1cc(Cl)cc(-c2nc3ccccc3o2)c1.O=C=O. The Morgan fingerprint density at radius 2 is 1.60 bits per heavy atom. The smallest absolute Gasteiger partial charge is 0.373 e. The molecule has 0 fully saturated rings. The van der Waals surface area contributed by atoms with Gasteiger partial charge in [0.2, 0.25) is 5.89 Å². The number of nitrogens with zero attached hydrogens (tertiary/aromatic N) is 1. The van der Waals surface area contributed by atoms with Crippen LogP contribution in [0.25, 0.3) is 22.6 Å². The first-order chi connectivity index (χ1) is 9.63. The molecule has 20 heavy (non-hydrogen) atoms. The Bertz CT molecular complexity index is 724. The molecule has 0 amide bonds. The van der Waals surface area contributed by atoms with Crippen molar-refractivity contribution in [1.29, 1.82) is 0 Å². The summed E-state index contributed by atoms with van der Waals surface area (Å²) in [6.45, 7) is 0. The van der Waals surface area contributed by atoms with E-state index in [1.54, 1.807) is 18.2 Å². The minimum atomic E-state index is 0.250. The third-order valence-electron chi connectivity index (χ3n) is 2.40. The third kappa shape index (κ3) is 3.25. The van der Waals surface area contributed by atoms with Gasteiger partial charge >= 0.3 is 6.15 Å². The number of aromatic nitrogens is 1. The summed E-state index contributed by atoms with van der Waals surface area (Å²) < 4.78 is 5.64. The summed E-state index contributed by atoms with van der Waals surface area (Å²) in [4.78, 5) is 20.6. The molecule has 0 N–H and O–H groups in total. The molecule has 0 atom stereocenters. The van der Waals surface area contributed by atoms with E-state index in [4.69, 9.17) is 37.2 Å². The van der Waals surface area contributed by atoms with Gasteiger partial charge in [-0.1, -0.05) is 35.3 Å². The van der Waals surface area contributed by atoms with Crippen LogP contribution in [0.4, 0.5) is 0 Å². The summed E-state index contributed by atoms with van der Waals surface area (Å²) >= 11 is 11.9. The second-order valence-electron chi connectivity index (χ2n) is 3.73. The van der Waals surface area contributed by atoms with E-state index in [0.29, 0.717) is 15.9 Å². The van der Waals surface area contributed by atoms with Crippen LogP contribution in [0.2, 0.25) is 10.0 Å². The summed E-state index contributed by atoms with van der Waals surface area (Å²) in [7, 11) is 0. The summed E-state index contributed by atoms with van der Waals surface area (Å²) in [5.41, 5.74) is 2.34. The van der Waals surface area contributed by atoms with Crippen LogP contribution in [-0.4, -0.2) is 11.1 Å². The zero-order chi connectivity index (χ0) is 14.5. The topological polar surface area (TPSA) is 60.2 Å². The lowest BCUT2D eigenvalue weighted by atomic mass is 10.2. The maximum atomic E-state index is 8.12. The number of oxazole rings is 1. The fourth-order valence-electron chi connectivity index (χ4n) is 1.67. The number of carbonyl (C=O) groups excluding carboxylic acids is 2. The third-order valence-corrected chi connectivity index (χ3v) is 2.84. The van der Waals surface area contributed by atoms with Gasteiger partial charge in [-0.05, 0) is 30.3 Å².